The normalized spacial score (nSPS) is 11.2. The number of benzene rings is 2. The van der Waals surface area contributed by atoms with E-state index >= 15 is 0 Å². The molecule has 3 rings (SSSR count). The van der Waals surface area contributed by atoms with Gasteiger partial charge >= 0.3 is 5.63 Å². The van der Waals surface area contributed by atoms with Crippen molar-refractivity contribution in [2.24, 2.45) is 0 Å². The minimum absolute atomic E-state index is 0.0755. The SMILES string of the molecule is CCCN(CCC)CCCNC(=O)c1oc(=O)c2ccccc2c1-c1ccc(C)cc1. The van der Waals surface area contributed by atoms with Crippen LogP contribution in [0, 0.1) is 6.92 Å². The predicted octanol–water partition coefficient (Wildman–Crippen LogP) is 5.01. The fourth-order valence-electron chi connectivity index (χ4n) is 3.92. The fraction of sp³-hybridized carbons (Fsp3) is 0.385. The smallest absolute Gasteiger partial charge is 0.344 e. The van der Waals surface area contributed by atoms with Crippen LogP contribution in [0.3, 0.4) is 0 Å². The Labute approximate surface area is 184 Å². The molecule has 0 aliphatic rings. The Morgan fingerprint density at radius 2 is 1.58 bits per heavy atom. The summed E-state index contributed by atoms with van der Waals surface area (Å²) in [5, 5.41) is 4.16. The Hall–Kier alpha value is -2.92. The first kappa shape index (κ1) is 22.8. The van der Waals surface area contributed by atoms with E-state index in [1.807, 2.05) is 43.3 Å². The summed E-state index contributed by atoms with van der Waals surface area (Å²) in [6.07, 6.45) is 3.09. The molecular formula is C26H32N2O3. The van der Waals surface area contributed by atoms with Crippen molar-refractivity contribution in [2.45, 2.75) is 40.0 Å². The first-order chi connectivity index (χ1) is 15.0. The second-order valence-electron chi connectivity index (χ2n) is 7.96. The number of hydrogen-bond donors (Lipinski definition) is 1. The molecule has 1 aromatic heterocycles. The van der Waals surface area contributed by atoms with Gasteiger partial charge in [-0.1, -0.05) is 61.9 Å². The molecule has 31 heavy (non-hydrogen) atoms. The Kier molecular flexibility index (Phi) is 8.01. The molecule has 5 nitrogen and oxygen atoms in total. The summed E-state index contributed by atoms with van der Waals surface area (Å²) >= 11 is 0. The largest absolute Gasteiger partial charge is 0.416 e. The van der Waals surface area contributed by atoms with Crippen LogP contribution in [0.5, 0.6) is 0 Å². The topological polar surface area (TPSA) is 62.6 Å². The van der Waals surface area contributed by atoms with Crippen molar-refractivity contribution >= 4 is 16.7 Å². The highest BCUT2D eigenvalue weighted by Crippen LogP contribution is 2.30. The molecule has 0 fully saturated rings. The summed E-state index contributed by atoms with van der Waals surface area (Å²) in [4.78, 5) is 28.0. The zero-order valence-corrected chi connectivity index (χ0v) is 18.7. The Bertz CT molecular complexity index is 1060. The van der Waals surface area contributed by atoms with Crippen molar-refractivity contribution in [3.63, 3.8) is 0 Å². The van der Waals surface area contributed by atoms with E-state index in [0.717, 1.165) is 55.4 Å². The van der Waals surface area contributed by atoms with Crippen LogP contribution in [0.1, 0.15) is 49.2 Å². The molecule has 0 aliphatic heterocycles. The Balaban J connectivity index is 1.85. The van der Waals surface area contributed by atoms with E-state index in [1.165, 1.54) is 0 Å². The highest BCUT2D eigenvalue weighted by atomic mass is 16.4. The van der Waals surface area contributed by atoms with Crippen molar-refractivity contribution in [1.29, 1.82) is 0 Å². The first-order valence-electron chi connectivity index (χ1n) is 11.2. The monoisotopic (exact) mass is 420 g/mol. The molecule has 5 heteroatoms. The number of rotatable bonds is 10. The summed E-state index contributed by atoms with van der Waals surface area (Å²) in [6.45, 7) is 9.98. The molecule has 1 amide bonds. The third kappa shape index (κ3) is 5.61. The van der Waals surface area contributed by atoms with Gasteiger partial charge in [-0.3, -0.25) is 4.79 Å². The average Bonchev–Trinajstić information content (AvgIpc) is 2.77. The zero-order chi connectivity index (χ0) is 22.2. The van der Waals surface area contributed by atoms with Crippen molar-refractivity contribution < 1.29 is 9.21 Å². The van der Waals surface area contributed by atoms with E-state index < -0.39 is 5.63 Å². The summed E-state index contributed by atoms with van der Waals surface area (Å²) in [6, 6.07) is 15.2. The van der Waals surface area contributed by atoms with Gasteiger partial charge in [0.2, 0.25) is 5.76 Å². The molecule has 2 aromatic carbocycles. The molecule has 0 aliphatic carbocycles. The van der Waals surface area contributed by atoms with E-state index in [4.69, 9.17) is 4.42 Å². The number of carbonyl (C=O) groups excluding carboxylic acids is 1. The number of hydrogen-bond acceptors (Lipinski definition) is 4. The van der Waals surface area contributed by atoms with Crippen LogP contribution in [-0.2, 0) is 0 Å². The number of amides is 1. The lowest BCUT2D eigenvalue weighted by Crippen LogP contribution is -2.31. The maximum Gasteiger partial charge on any atom is 0.344 e. The molecular weight excluding hydrogens is 388 g/mol. The van der Waals surface area contributed by atoms with Gasteiger partial charge in [0, 0.05) is 17.5 Å². The van der Waals surface area contributed by atoms with Gasteiger partial charge in [-0.2, -0.15) is 0 Å². The van der Waals surface area contributed by atoms with Crippen LogP contribution in [0.25, 0.3) is 21.9 Å². The van der Waals surface area contributed by atoms with Gasteiger partial charge in [0.15, 0.2) is 0 Å². The third-order valence-corrected chi connectivity index (χ3v) is 5.40. The summed E-state index contributed by atoms with van der Waals surface area (Å²) in [5.41, 5.74) is 2.15. The maximum atomic E-state index is 13.0. The van der Waals surface area contributed by atoms with Crippen molar-refractivity contribution in [2.75, 3.05) is 26.2 Å². The summed E-state index contributed by atoms with van der Waals surface area (Å²) in [5.74, 6) is -0.275. The highest BCUT2D eigenvalue weighted by Gasteiger charge is 2.21. The molecule has 164 valence electrons. The summed E-state index contributed by atoms with van der Waals surface area (Å²) < 4.78 is 5.55. The van der Waals surface area contributed by atoms with E-state index in [2.05, 4.69) is 24.1 Å². The molecule has 0 saturated carbocycles. The van der Waals surface area contributed by atoms with E-state index in [1.54, 1.807) is 12.1 Å². The van der Waals surface area contributed by atoms with Crippen LogP contribution in [0.4, 0.5) is 0 Å². The van der Waals surface area contributed by atoms with Crippen molar-refractivity contribution in [1.82, 2.24) is 10.2 Å². The van der Waals surface area contributed by atoms with Crippen molar-refractivity contribution in [3.8, 4) is 11.1 Å². The van der Waals surface area contributed by atoms with E-state index in [0.29, 0.717) is 17.5 Å². The quantitative estimate of drug-likeness (QED) is 0.468. The molecule has 0 radical (unpaired) electrons. The van der Waals surface area contributed by atoms with Gasteiger partial charge in [0.25, 0.3) is 5.91 Å². The second kappa shape index (κ2) is 10.9. The summed E-state index contributed by atoms with van der Waals surface area (Å²) in [7, 11) is 0. The molecule has 0 bridgehead atoms. The molecule has 0 spiro atoms. The Morgan fingerprint density at radius 1 is 0.935 bits per heavy atom. The zero-order valence-electron chi connectivity index (χ0n) is 18.7. The molecule has 3 aromatic rings. The van der Waals surface area contributed by atoms with Crippen molar-refractivity contribution in [3.05, 3.63) is 70.3 Å². The number of nitrogens with one attached hydrogen (secondary N) is 1. The standard InChI is InChI=1S/C26H32N2O3/c1-4-16-28(17-5-2)18-8-15-27-25(29)24-23(20-13-11-19(3)12-14-20)21-9-6-7-10-22(21)26(30)31-24/h6-7,9-14H,4-5,8,15-18H2,1-3H3,(H,27,29). The van der Waals surface area contributed by atoms with E-state index in [-0.39, 0.29) is 11.7 Å². The number of nitrogens with zero attached hydrogens (tertiary/aromatic N) is 1. The fourth-order valence-corrected chi connectivity index (χ4v) is 3.92. The highest BCUT2D eigenvalue weighted by molar-refractivity contribution is 6.07. The second-order valence-corrected chi connectivity index (χ2v) is 7.96. The molecule has 0 atom stereocenters. The van der Waals surface area contributed by atoms with Gasteiger partial charge in [-0.15, -0.1) is 0 Å². The van der Waals surface area contributed by atoms with E-state index in [9.17, 15) is 9.59 Å². The number of carbonyl (C=O) groups is 1. The predicted molar refractivity (Wildman–Crippen MR) is 127 cm³/mol. The minimum atomic E-state index is -0.492. The van der Waals surface area contributed by atoms with Crippen LogP contribution in [0.2, 0.25) is 0 Å². The lowest BCUT2D eigenvalue weighted by Gasteiger charge is -2.20. The average molecular weight is 421 g/mol. The number of fused-ring (bicyclic) bond motifs is 1. The molecule has 1 heterocycles. The van der Waals surface area contributed by atoms with Gasteiger partial charge < -0.3 is 14.6 Å². The minimum Gasteiger partial charge on any atom is -0.416 e. The van der Waals surface area contributed by atoms with Gasteiger partial charge in [-0.25, -0.2) is 4.79 Å². The third-order valence-electron chi connectivity index (χ3n) is 5.40. The molecule has 1 N–H and O–H groups in total. The molecule has 0 unspecified atom stereocenters. The lowest BCUT2D eigenvalue weighted by atomic mass is 9.97. The Morgan fingerprint density at radius 3 is 2.23 bits per heavy atom. The first-order valence-corrected chi connectivity index (χ1v) is 11.2. The van der Waals surface area contributed by atoms with Crippen LogP contribution in [-0.4, -0.2) is 37.0 Å². The van der Waals surface area contributed by atoms with Gasteiger partial charge in [0.05, 0.1) is 5.39 Å². The molecule has 0 saturated heterocycles. The van der Waals surface area contributed by atoms with Gasteiger partial charge in [-0.05, 0) is 57.5 Å². The lowest BCUT2D eigenvalue weighted by molar-refractivity contribution is 0.0921. The van der Waals surface area contributed by atoms with Crippen LogP contribution < -0.4 is 10.9 Å². The number of aryl methyl sites for hydroxylation is 1. The van der Waals surface area contributed by atoms with Gasteiger partial charge in [0.1, 0.15) is 0 Å². The van der Waals surface area contributed by atoms with Crippen LogP contribution in [0.15, 0.2) is 57.7 Å². The maximum absolute atomic E-state index is 13.0. The van der Waals surface area contributed by atoms with Crippen LogP contribution >= 0.6 is 0 Å².